The van der Waals surface area contributed by atoms with Gasteiger partial charge in [-0.1, -0.05) is 18.2 Å². The number of nitrogens with two attached hydrogens (primary N) is 1. The largest absolute Gasteiger partial charge is 0.367 e. The molecule has 0 atom stereocenters. The second kappa shape index (κ2) is 5.13. The molecule has 0 unspecified atom stereocenters. The lowest BCUT2D eigenvalue weighted by atomic mass is 10.1. The van der Waals surface area contributed by atoms with Crippen LogP contribution in [0.4, 0.5) is 10.1 Å². The maximum absolute atomic E-state index is 13.7. The van der Waals surface area contributed by atoms with Crippen LogP contribution in [0.5, 0.6) is 0 Å². The lowest BCUT2D eigenvalue weighted by Gasteiger charge is -2.20. The predicted molar refractivity (Wildman–Crippen MR) is 79.0 cm³/mol. The van der Waals surface area contributed by atoms with Crippen molar-refractivity contribution < 1.29 is 12.8 Å². The van der Waals surface area contributed by atoms with Crippen LogP contribution in [0.2, 0.25) is 0 Å². The Morgan fingerprint density at radius 3 is 2.67 bits per heavy atom. The van der Waals surface area contributed by atoms with Gasteiger partial charge in [0.2, 0.25) is 10.0 Å². The van der Waals surface area contributed by atoms with Crippen molar-refractivity contribution in [2.75, 3.05) is 11.4 Å². The number of hydrogen-bond donors (Lipinski definition) is 1. The third-order valence-electron chi connectivity index (χ3n) is 3.69. The summed E-state index contributed by atoms with van der Waals surface area (Å²) in [5, 5.41) is 5.14. The fraction of sp³-hybridized carbons (Fsp3) is 0.200. The van der Waals surface area contributed by atoms with Crippen molar-refractivity contribution in [1.82, 2.24) is 0 Å². The highest BCUT2D eigenvalue weighted by Gasteiger charge is 2.22. The summed E-state index contributed by atoms with van der Waals surface area (Å²) in [5.74, 6) is -0.230. The molecule has 4 nitrogen and oxygen atoms in total. The normalized spacial score (nSPS) is 14.3. The van der Waals surface area contributed by atoms with E-state index in [1.165, 1.54) is 12.1 Å². The number of primary sulfonamides is 1. The Morgan fingerprint density at radius 1 is 1.19 bits per heavy atom. The first-order chi connectivity index (χ1) is 9.95. The molecule has 0 fully saturated rings. The zero-order valence-electron chi connectivity index (χ0n) is 11.3. The summed E-state index contributed by atoms with van der Waals surface area (Å²) >= 11 is 0. The molecule has 1 aliphatic rings. The van der Waals surface area contributed by atoms with Crippen LogP contribution in [-0.2, 0) is 23.0 Å². The summed E-state index contributed by atoms with van der Waals surface area (Å²) in [6.07, 6.45) is 0.729. The Balaban J connectivity index is 1.90. The number of anilines is 1. The van der Waals surface area contributed by atoms with Gasteiger partial charge < -0.3 is 4.90 Å². The van der Waals surface area contributed by atoms with Crippen molar-refractivity contribution in [3.63, 3.8) is 0 Å². The van der Waals surface area contributed by atoms with Gasteiger partial charge in [-0.2, -0.15) is 0 Å². The van der Waals surface area contributed by atoms with E-state index in [9.17, 15) is 12.8 Å². The van der Waals surface area contributed by atoms with Crippen LogP contribution in [-0.4, -0.2) is 15.0 Å². The van der Waals surface area contributed by atoms with Crippen molar-refractivity contribution in [2.45, 2.75) is 17.9 Å². The number of hydrogen-bond acceptors (Lipinski definition) is 3. The smallest absolute Gasteiger partial charge is 0.238 e. The van der Waals surface area contributed by atoms with E-state index in [1.54, 1.807) is 30.3 Å². The molecule has 0 saturated heterocycles. The van der Waals surface area contributed by atoms with E-state index >= 15 is 0 Å². The number of rotatable bonds is 3. The minimum atomic E-state index is -3.69. The van der Waals surface area contributed by atoms with E-state index in [-0.39, 0.29) is 10.7 Å². The summed E-state index contributed by atoms with van der Waals surface area (Å²) in [7, 11) is -3.69. The molecule has 6 heteroatoms. The molecule has 0 radical (unpaired) electrons. The van der Waals surface area contributed by atoms with Crippen LogP contribution >= 0.6 is 0 Å². The Labute approximate surface area is 123 Å². The first kappa shape index (κ1) is 14.0. The van der Waals surface area contributed by atoms with Gasteiger partial charge in [0, 0.05) is 24.3 Å². The molecule has 0 aromatic heterocycles. The molecule has 0 saturated carbocycles. The number of sulfonamides is 1. The highest BCUT2D eigenvalue weighted by atomic mass is 32.2. The number of fused-ring (bicyclic) bond motifs is 1. The molecule has 0 spiro atoms. The highest BCUT2D eigenvalue weighted by Crippen LogP contribution is 2.31. The zero-order chi connectivity index (χ0) is 15.0. The molecule has 3 rings (SSSR count). The van der Waals surface area contributed by atoms with E-state index in [1.807, 2.05) is 4.90 Å². The zero-order valence-corrected chi connectivity index (χ0v) is 12.1. The van der Waals surface area contributed by atoms with Gasteiger partial charge in [-0.3, -0.25) is 0 Å². The van der Waals surface area contributed by atoms with Crippen molar-refractivity contribution >= 4 is 15.7 Å². The molecule has 0 amide bonds. The van der Waals surface area contributed by atoms with E-state index in [4.69, 9.17) is 5.14 Å². The average molecular weight is 306 g/mol. The quantitative estimate of drug-likeness (QED) is 0.944. The van der Waals surface area contributed by atoms with E-state index in [0.717, 1.165) is 24.2 Å². The van der Waals surface area contributed by atoms with Crippen LogP contribution in [0.3, 0.4) is 0 Å². The van der Waals surface area contributed by atoms with Gasteiger partial charge in [0.25, 0.3) is 0 Å². The van der Waals surface area contributed by atoms with Crippen LogP contribution < -0.4 is 10.0 Å². The summed E-state index contributed by atoms with van der Waals surface area (Å²) in [5.41, 5.74) is 2.49. The second-order valence-corrected chi connectivity index (χ2v) is 6.66. The number of benzene rings is 2. The molecule has 2 aromatic rings. The maximum atomic E-state index is 13.7. The number of halogens is 1. The highest BCUT2D eigenvalue weighted by molar-refractivity contribution is 7.89. The molecule has 2 aromatic carbocycles. The fourth-order valence-electron chi connectivity index (χ4n) is 2.62. The van der Waals surface area contributed by atoms with Crippen molar-refractivity contribution in [1.29, 1.82) is 0 Å². The first-order valence-electron chi connectivity index (χ1n) is 6.59. The minimum Gasteiger partial charge on any atom is -0.367 e. The van der Waals surface area contributed by atoms with E-state index in [0.29, 0.717) is 12.1 Å². The van der Waals surface area contributed by atoms with Crippen molar-refractivity contribution in [2.24, 2.45) is 5.14 Å². The van der Waals surface area contributed by atoms with Crippen LogP contribution in [0, 0.1) is 5.82 Å². The fourth-order valence-corrected chi connectivity index (χ4v) is 3.18. The predicted octanol–water partition coefficient (Wildman–Crippen LogP) is 2.04. The Kier molecular flexibility index (Phi) is 3.43. The topological polar surface area (TPSA) is 63.4 Å². The molecule has 110 valence electrons. The minimum absolute atomic E-state index is 0.119. The summed E-state index contributed by atoms with van der Waals surface area (Å²) in [6, 6.07) is 11.5. The first-order valence-corrected chi connectivity index (χ1v) is 8.14. The molecule has 1 aliphatic heterocycles. The van der Waals surface area contributed by atoms with Gasteiger partial charge in [-0.15, -0.1) is 0 Å². The van der Waals surface area contributed by atoms with Gasteiger partial charge in [-0.05, 0) is 36.2 Å². The van der Waals surface area contributed by atoms with Gasteiger partial charge in [-0.25, -0.2) is 17.9 Å². The maximum Gasteiger partial charge on any atom is 0.238 e. The third-order valence-corrected chi connectivity index (χ3v) is 4.60. The molecule has 1 heterocycles. The standard InChI is InChI=1S/C15H15FN2O2S/c16-14-4-2-1-3-12(14)10-18-8-7-11-9-13(21(17,19)20)5-6-15(11)18/h1-6,9H,7-8,10H2,(H2,17,19,20). The Bertz CT molecular complexity index is 790. The molecular weight excluding hydrogens is 291 g/mol. The van der Waals surface area contributed by atoms with Crippen molar-refractivity contribution in [3.8, 4) is 0 Å². The molecule has 21 heavy (non-hydrogen) atoms. The second-order valence-electron chi connectivity index (χ2n) is 5.10. The van der Waals surface area contributed by atoms with Crippen LogP contribution in [0.1, 0.15) is 11.1 Å². The SMILES string of the molecule is NS(=O)(=O)c1ccc2c(c1)CCN2Cc1ccccc1F. The van der Waals surface area contributed by atoms with E-state index in [2.05, 4.69) is 0 Å². The third kappa shape index (κ3) is 2.77. The van der Waals surface area contributed by atoms with Gasteiger partial charge in [0.15, 0.2) is 0 Å². The lowest BCUT2D eigenvalue weighted by Crippen LogP contribution is -2.20. The van der Waals surface area contributed by atoms with Crippen LogP contribution in [0.25, 0.3) is 0 Å². The summed E-state index contributed by atoms with van der Waals surface area (Å²) in [4.78, 5) is 2.16. The average Bonchev–Trinajstić information content (AvgIpc) is 2.83. The monoisotopic (exact) mass is 306 g/mol. The van der Waals surface area contributed by atoms with Gasteiger partial charge in [0.1, 0.15) is 5.82 Å². The molecular formula is C15H15FN2O2S. The van der Waals surface area contributed by atoms with Gasteiger partial charge in [0.05, 0.1) is 4.90 Å². The van der Waals surface area contributed by atoms with Crippen molar-refractivity contribution in [3.05, 3.63) is 59.4 Å². The lowest BCUT2D eigenvalue weighted by molar-refractivity contribution is 0.597. The summed E-state index contributed by atoms with van der Waals surface area (Å²) in [6.45, 7) is 1.20. The summed E-state index contributed by atoms with van der Waals surface area (Å²) < 4.78 is 36.4. The Hall–Kier alpha value is -1.92. The Morgan fingerprint density at radius 2 is 1.95 bits per heavy atom. The van der Waals surface area contributed by atoms with Crippen LogP contribution in [0.15, 0.2) is 47.4 Å². The molecule has 0 bridgehead atoms. The molecule has 2 N–H and O–H groups in total. The van der Waals surface area contributed by atoms with E-state index < -0.39 is 10.0 Å². The van der Waals surface area contributed by atoms with Gasteiger partial charge >= 0.3 is 0 Å². The number of nitrogens with zero attached hydrogens (tertiary/aromatic N) is 1. The molecule has 0 aliphatic carbocycles.